The predicted octanol–water partition coefficient (Wildman–Crippen LogP) is 1.01. The molecule has 3 N–H and O–H groups in total. The quantitative estimate of drug-likeness (QED) is 0.548. The molecule has 0 aliphatic heterocycles. The molecule has 116 valence electrons. The van der Waals surface area contributed by atoms with E-state index in [2.05, 4.69) is 11.9 Å². The highest BCUT2D eigenvalue weighted by molar-refractivity contribution is 6.02. The van der Waals surface area contributed by atoms with E-state index in [-0.39, 0.29) is 31.0 Å². The van der Waals surface area contributed by atoms with Crippen LogP contribution in [0.5, 0.6) is 5.75 Å². The highest BCUT2D eigenvalue weighted by Gasteiger charge is 2.21. The van der Waals surface area contributed by atoms with Crippen LogP contribution in [-0.4, -0.2) is 33.8 Å². The first kappa shape index (κ1) is 15.8. The number of para-hydroxylation sites is 1. The second-order valence-corrected chi connectivity index (χ2v) is 4.78. The van der Waals surface area contributed by atoms with Gasteiger partial charge in [0, 0.05) is 25.1 Å². The molecule has 0 saturated carbocycles. The third-order valence-electron chi connectivity index (χ3n) is 3.30. The number of hydrogen-bond acceptors (Lipinski definition) is 4. The van der Waals surface area contributed by atoms with Gasteiger partial charge >= 0.3 is 0 Å². The van der Waals surface area contributed by atoms with Crippen molar-refractivity contribution < 1.29 is 15.0 Å². The van der Waals surface area contributed by atoms with E-state index in [1.54, 1.807) is 30.3 Å². The molecule has 0 aliphatic carbocycles. The summed E-state index contributed by atoms with van der Waals surface area (Å²) in [5, 5.41) is 22.0. The maximum absolute atomic E-state index is 12.5. The SMILES string of the molecule is C=CCn1c(=O)c(C(=O)NCCCO)c(O)c2ccccc21. The molecule has 2 rings (SSSR count). The van der Waals surface area contributed by atoms with Gasteiger partial charge in [0.25, 0.3) is 11.5 Å². The average Bonchev–Trinajstić information content (AvgIpc) is 2.52. The van der Waals surface area contributed by atoms with Gasteiger partial charge in [-0.2, -0.15) is 0 Å². The number of amides is 1. The molecule has 1 heterocycles. The van der Waals surface area contributed by atoms with E-state index in [1.165, 1.54) is 4.57 Å². The normalized spacial score (nSPS) is 10.6. The third-order valence-corrected chi connectivity index (χ3v) is 3.30. The number of benzene rings is 1. The van der Waals surface area contributed by atoms with Crippen LogP contribution in [0.3, 0.4) is 0 Å². The van der Waals surface area contributed by atoms with E-state index in [1.807, 2.05) is 0 Å². The van der Waals surface area contributed by atoms with E-state index in [9.17, 15) is 14.7 Å². The van der Waals surface area contributed by atoms with E-state index < -0.39 is 11.5 Å². The fourth-order valence-electron chi connectivity index (χ4n) is 2.27. The van der Waals surface area contributed by atoms with E-state index in [4.69, 9.17) is 5.11 Å². The molecule has 0 bridgehead atoms. The number of aliphatic hydroxyl groups is 1. The molecule has 1 aromatic heterocycles. The number of nitrogens with zero attached hydrogens (tertiary/aromatic N) is 1. The number of pyridine rings is 1. The van der Waals surface area contributed by atoms with E-state index in [0.717, 1.165) is 0 Å². The van der Waals surface area contributed by atoms with Gasteiger partial charge in [0.1, 0.15) is 11.3 Å². The topological polar surface area (TPSA) is 91.6 Å². The molecule has 0 atom stereocenters. The number of fused-ring (bicyclic) bond motifs is 1. The predicted molar refractivity (Wildman–Crippen MR) is 84.1 cm³/mol. The lowest BCUT2D eigenvalue weighted by atomic mass is 10.1. The van der Waals surface area contributed by atoms with Crippen LogP contribution in [-0.2, 0) is 6.54 Å². The Kier molecular flexibility index (Phi) is 4.95. The Morgan fingerprint density at radius 1 is 1.36 bits per heavy atom. The standard InChI is InChI=1S/C16H18N2O4/c1-2-9-18-12-7-4-3-6-11(12)14(20)13(16(18)22)15(21)17-8-5-10-19/h2-4,6-7,19-20H,1,5,8-10H2,(H,17,21). The van der Waals surface area contributed by atoms with Gasteiger partial charge in [-0.25, -0.2) is 0 Å². The smallest absolute Gasteiger partial charge is 0.268 e. The molecule has 2 aromatic rings. The zero-order valence-electron chi connectivity index (χ0n) is 12.1. The molecular weight excluding hydrogens is 284 g/mol. The summed E-state index contributed by atoms with van der Waals surface area (Å²) >= 11 is 0. The first-order valence-corrected chi connectivity index (χ1v) is 6.96. The van der Waals surface area contributed by atoms with Crippen molar-refractivity contribution in [3.63, 3.8) is 0 Å². The summed E-state index contributed by atoms with van der Waals surface area (Å²) in [4.78, 5) is 24.7. The highest BCUT2D eigenvalue weighted by atomic mass is 16.3. The van der Waals surface area contributed by atoms with Crippen molar-refractivity contribution in [2.24, 2.45) is 0 Å². The maximum Gasteiger partial charge on any atom is 0.268 e. The van der Waals surface area contributed by atoms with Crippen LogP contribution in [0.15, 0.2) is 41.7 Å². The van der Waals surface area contributed by atoms with Gasteiger partial charge in [0.15, 0.2) is 0 Å². The molecule has 6 heteroatoms. The Labute approximate surface area is 127 Å². The first-order valence-electron chi connectivity index (χ1n) is 6.96. The minimum atomic E-state index is -0.653. The fourth-order valence-corrected chi connectivity index (χ4v) is 2.27. The van der Waals surface area contributed by atoms with Crippen molar-refractivity contribution in [2.45, 2.75) is 13.0 Å². The number of aromatic hydroxyl groups is 1. The van der Waals surface area contributed by atoms with Crippen LogP contribution < -0.4 is 10.9 Å². The lowest BCUT2D eigenvalue weighted by Gasteiger charge is -2.13. The van der Waals surface area contributed by atoms with Crippen LogP contribution in [0.4, 0.5) is 0 Å². The Morgan fingerprint density at radius 3 is 2.77 bits per heavy atom. The molecule has 6 nitrogen and oxygen atoms in total. The summed E-state index contributed by atoms with van der Waals surface area (Å²) in [7, 11) is 0. The van der Waals surface area contributed by atoms with Gasteiger partial charge in [-0.1, -0.05) is 18.2 Å². The fraction of sp³-hybridized carbons (Fsp3) is 0.250. The number of rotatable bonds is 6. The molecule has 0 fully saturated rings. The van der Waals surface area contributed by atoms with Gasteiger partial charge in [-0.3, -0.25) is 9.59 Å². The molecule has 0 radical (unpaired) electrons. The summed E-state index contributed by atoms with van der Waals surface area (Å²) in [6.45, 7) is 4.00. The number of carbonyl (C=O) groups excluding carboxylic acids is 1. The summed E-state index contributed by atoms with van der Waals surface area (Å²) < 4.78 is 1.39. The second kappa shape index (κ2) is 6.91. The third kappa shape index (κ3) is 2.87. The highest BCUT2D eigenvalue weighted by Crippen LogP contribution is 2.26. The zero-order chi connectivity index (χ0) is 16.1. The lowest BCUT2D eigenvalue weighted by molar-refractivity contribution is 0.0946. The molecule has 0 aliphatic rings. The maximum atomic E-state index is 12.5. The Morgan fingerprint density at radius 2 is 2.09 bits per heavy atom. The van der Waals surface area contributed by atoms with E-state index in [0.29, 0.717) is 17.3 Å². The molecule has 22 heavy (non-hydrogen) atoms. The zero-order valence-corrected chi connectivity index (χ0v) is 12.1. The number of hydrogen-bond donors (Lipinski definition) is 3. The number of carbonyl (C=O) groups is 1. The Hall–Kier alpha value is -2.60. The average molecular weight is 302 g/mol. The van der Waals surface area contributed by atoms with Gasteiger partial charge < -0.3 is 20.1 Å². The second-order valence-electron chi connectivity index (χ2n) is 4.78. The molecule has 0 spiro atoms. The van der Waals surface area contributed by atoms with Crippen LogP contribution in [0.25, 0.3) is 10.9 Å². The summed E-state index contributed by atoms with van der Waals surface area (Å²) in [5.41, 5.74) is -0.326. The minimum Gasteiger partial charge on any atom is -0.506 e. The largest absolute Gasteiger partial charge is 0.506 e. The summed E-state index contributed by atoms with van der Waals surface area (Å²) in [5.74, 6) is -0.984. The number of allylic oxidation sites excluding steroid dienone is 1. The van der Waals surface area contributed by atoms with Gasteiger partial charge in [-0.05, 0) is 18.6 Å². The van der Waals surface area contributed by atoms with Crippen molar-refractivity contribution in [3.05, 3.63) is 52.8 Å². The van der Waals surface area contributed by atoms with Crippen LogP contribution in [0, 0.1) is 0 Å². The minimum absolute atomic E-state index is 0.0648. The van der Waals surface area contributed by atoms with Crippen molar-refractivity contribution in [3.8, 4) is 5.75 Å². The summed E-state index contributed by atoms with van der Waals surface area (Å²) in [6.07, 6.45) is 1.93. The van der Waals surface area contributed by atoms with Crippen LogP contribution >= 0.6 is 0 Å². The molecule has 1 aromatic carbocycles. The van der Waals surface area contributed by atoms with Crippen LogP contribution in [0.2, 0.25) is 0 Å². The van der Waals surface area contributed by atoms with Crippen molar-refractivity contribution in [1.82, 2.24) is 9.88 Å². The van der Waals surface area contributed by atoms with Gasteiger partial charge in [0.2, 0.25) is 0 Å². The van der Waals surface area contributed by atoms with Gasteiger partial charge in [-0.15, -0.1) is 6.58 Å². The molecule has 0 saturated heterocycles. The Balaban J connectivity index is 2.61. The Bertz CT molecular complexity index is 765. The number of nitrogens with one attached hydrogen (secondary N) is 1. The van der Waals surface area contributed by atoms with Gasteiger partial charge in [0.05, 0.1) is 5.52 Å². The first-order chi connectivity index (χ1) is 10.6. The molecule has 0 unspecified atom stereocenters. The number of aromatic nitrogens is 1. The van der Waals surface area contributed by atoms with Crippen molar-refractivity contribution in [2.75, 3.05) is 13.2 Å². The monoisotopic (exact) mass is 302 g/mol. The molecule has 1 amide bonds. The molecular formula is C16H18N2O4. The van der Waals surface area contributed by atoms with E-state index >= 15 is 0 Å². The number of aliphatic hydroxyl groups excluding tert-OH is 1. The van der Waals surface area contributed by atoms with Crippen molar-refractivity contribution in [1.29, 1.82) is 0 Å². The van der Waals surface area contributed by atoms with Crippen molar-refractivity contribution >= 4 is 16.8 Å². The lowest BCUT2D eigenvalue weighted by Crippen LogP contribution is -2.34. The van der Waals surface area contributed by atoms with Crippen LogP contribution in [0.1, 0.15) is 16.8 Å². The summed E-state index contributed by atoms with van der Waals surface area (Å²) in [6, 6.07) is 6.82.